The van der Waals surface area contributed by atoms with Crippen molar-refractivity contribution in [2.75, 3.05) is 5.32 Å². The van der Waals surface area contributed by atoms with Crippen molar-refractivity contribution in [3.63, 3.8) is 0 Å². The van der Waals surface area contributed by atoms with E-state index < -0.39 is 0 Å². The number of halogens is 2. The van der Waals surface area contributed by atoms with Crippen molar-refractivity contribution in [2.45, 2.75) is 18.7 Å². The lowest BCUT2D eigenvalue weighted by molar-refractivity contribution is 0.102. The molecular formula is C16H15Br2NO. The number of hydrogen-bond acceptors (Lipinski definition) is 1. The molecule has 2 aromatic rings. The minimum absolute atomic E-state index is 0.102. The van der Waals surface area contributed by atoms with E-state index in [1.807, 2.05) is 56.3 Å². The van der Waals surface area contributed by atoms with Crippen LogP contribution in [0.5, 0.6) is 0 Å². The molecule has 104 valence electrons. The van der Waals surface area contributed by atoms with Gasteiger partial charge in [-0.25, -0.2) is 0 Å². The highest BCUT2D eigenvalue weighted by atomic mass is 79.9. The third-order valence-corrected chi connectivity index (χ3v) is 3.89. The summed E-state index contributed by atoms with van der Waals surface area (Å²) in [6, 6.07) is 13.5. The topological polar surface area (TPSA) is 29.1 Å². The fraction of sp³-hybridized carbons (Fsp3) is 0.188. The number of carbonyl (C=O) groups is 1. The Balaban J connectivity index is 2.28. The molecule has 2 rings (SSSR count). The number of aryl methyl sites for hydroxylation is 1. The molecule has 0 saturated heterocycles. The lowest BCUT2D eigenvalue weighted by atomic mass is 10.1. The van der Waals surface area contributed by atoms with Gasteiger partial charge >= 0.3 is 0 Å². The first-order chi connectivity index (χ1) is 9.47. The summed E-state index contributed by atoms with van der Waals surface area (Å²) in [4.78, 5) is 12.5. The first-order valence-electron chi connectivity index (χ1n) is 6.29. The highest BCUT2D eigenvalue weighted by molar-refractivity contribution is 9.10. The Morgan fingerprint density at radius 3 is 2.55 bits per heavy atom. The van der Waals surface area contributed by atoms with Crippen LogP contribution in [0.4, 0.5) is 5.69 Å². The zero-order valence-electron chi connectivity index (χ0n) is 11.3. The number of benzene rings is 2. The summed E-state index contributed by atoms with van der Waals surface area (Å²) < 4.78 is 0.907. The second kappa shape index (κ2) is 6.55. The van der Waals surface area contributed by atoms with Gasteiger partial charge in [0.1, 0.15) is 0 Å². The predicted octanol–water partition coefficient (Wildman–Crippen LogP) is 5.47. The van der Waals surface area contributed by atoms with Gasteiger partial charge in [0.05, 0.1) is 0 Å². The zero-order chi connectivity index (χ0) is 14.7. The number of para-hydroxylation sites is 1. The van der Waals surface area contributed by atoms with Crippen LogP contribution in [-0.2, 0) is 0 Å². The van der Waals surface area contributed by atoms with Crippen LogP contribution in [0.15, 0.2) is 46.9 Å². The van der Waals surface area contributed by atoms with Gasteiger partial charge in [0, 0.05) is 20.6 Å². The van der Waals surface area contributed by atoms with Gasteiger partial charge in [-0.1, -0.05) is 50.1 Å². The van der Waals surface area contributed by atoms with Crippen LogP contribution in [0.2, 0.25) is 0 Å². The zero-order valence-corrected chi connectivity index (χ0v) is 14.5. The average Bonchev–Trinajstić information content (AvgIpc) is 2.37. The molecule has 2 nitrogen and oxygen atoms in total. The summed E-state index contributed by atoms with van der Waals surface area (Å²) in [5.74, 6) is -0.102. The van der Waals surface area contributed by atoms with Crippen molar-refractivity contribution < 1.29 is 4.79 Å². The van der Waals surface area contributed by atoms with E-state index in [0.29, 0.717) is 5.56 Å². The molecule has 2 aromatic carbocycles. The molecule has 20 heavy (non-hydrogen) atoms. The SMILES string of the molecule is Cc1cc(Br)cc(C(=O)Nc2ccccc2C(C)Br)c1. The van der Waals surface area contributed by atoms with E-state index in [1.54, 1.807) is 0 Å². The number of amides is 1. The number of nitrogens with one attached hydrogen (secondary N) is 1. The van der Waals surface area contributed by atoms with Crippen molar-refractivity contribution in [3.05, 3.63) is 63.6 Å². The number of anilines is 1. The second-order valence-electron chi connectivity index (χ2n) is 4.67. The van der Waals surface area contributed by atoms with Crippen LogP contribution in [0.25, 0.3) is 0 Å². The molecule has 1 N–H and O–H groups in total. The van der Waals surface area contributed by atoms with E-state index in [4.69, 9.17) is 0 Å². The van der Waals surface area contributed by atoms with Crippen molar-refractivity contribution in [2.24, 2.45) is 0 Å². The second-order valence-corrected chi connectivity index (χ2v) is 6.96. The quantitative estimate of drug-likeness (QED) is 0.685. The third kappa shape index (κ3) is 3.70. The van der Waals surface area contributed by atoms with Gasteiger partial charge in [0.2, 0.25) is 0 Å². The summed E-state index contributed by atoms with van der Waals surface area (Å²) in [5, 5.41) is 2.97. The Bertz CT molecular complexity index is 618. The van der Waals surface area contributed by atoms with Crippen LogP contribution in [0.1, 0.15) is 33.2 Å². The van der Waals surface area contributed by atoms with Crippen molar-refractivity contribution in [3.8, 4) is 0 Å². The summed E-state index contributed by atoms with van der Waals surface area (Å²) >= 11 is 6.96. The predicted molar refractivity (Wildman–Crippen MR) is 90.6 cm³/mol. The van der Waals surface area contributed by atoms with Crippen LogP contribution in [-0.4, -0.2) is 5.91 Å². The normalized spacial score (nSPS) is 12.0. The maximum atomic E-state index is 12.3. The van der Waals surface area contributed by atoms with Gasteiger partial charge in [-0.2, -0.15) is 0 Å². The maximum absolute atomic E-state index is 12.3. The largest absolute Gasteiger partial charge is 0.322 e. The molecule has 0 bridgehead atoms. The summed E-state index contributed by atoms with van der Waals surface area (Å²) in [5.41, 5.74) is 3.59. The molecule has 4 heteroatoms. The average molecular weight is 397 g/mol. The molecule has 0 fully saturated rings. The molecule has 0 aromatic heterocycles. The van der Waals surface area contributed by atoms with E-state index in [1.165, 1.54) is 0 Å². The number of alkyl halides is 1. The van der Waals surface area contributed by atoms with Gasteiger partial charge in [0.15, 0.2) is 0 Å². The molecule has 0 aliphatic rings. The van der Waals surface area contributed by atoms with Gasteiger partial charge in [-0.3, -0.25) is 4.79 Å². The molecule has 0 radical (unpaired) electrons. The Morgan fingerprint density at radius 1 is 1.20 bits per heavy atom. The number of carbonyl (C=O) groups excluding carboxylic acids is 1. The van der Waals surface area contributed by atoms with Gasteiger partial charge in [-0.05, 0) is 49.2 Å². The van der Waals surface area contributed by atoms with E-state index >= 15 is 0 Å². The van der Waals surface area contributed by atoms with E-state index in [-0.39, 0.29) is 10.7 Å². The van der Waals surface area contributed by atoms with E-state index in [0.717, 1.165) is 21.3 Å². The first kappa shape index (κ1) is 15.3. The fourth-order valence-electron chi connectivity index (χ4n) is 2.02. The Labute approximate surface area is 135 Å². The lowest BCUT2D eigenvalue weighted by Crippen LogP contribution is -2.13. The Morgan fingerprint density at radius 2 is 1.90 bits per heavy atom. The lowest BCUT2D eigenvalue weighted by Gasteiger charge is -2.13. The molecular weight excluding hydrogens is 382 g/mol. The Kier molecular flexibility index (Phi) is 5.00. The van der Waals surface area contributed by atoms with E-state index in [9.17, 15) is 4.79 Å². The fourth-order valence-corrected chi connectivity index (χ4v) is 3.03. The van der Waals surface area contributed by atoms with Crippen LogP contribution < -0.4 is 5.32 Å². The van der Waals surface area contributed by atoms with Crippen molar-refractivity contribution in [1.29, 1.82) is 0 Å². The molecule has 0 saturated carbocycles. The summed E-state index contributed by atoms with van der Waals surface area (Å²) in [6.07, 6.45) is 0. The van der Waals surface area contributed by atoms with Crippen molar-refractivity contribution in [1.82, 2.24) is 0 Å². The Hall–Kier alpha value is -1.13. The van der Waals surface area contributed by atoms with Crippen LogP contribution in [0, 0.1) is 6.92 Å². The summed E-state index contributed by atoms with van der Waals surface area (Å²) in [6.45, 7) is 4.00. The highest BCUT2D eigenvalue weighted by Gasteiger charge is 2.12. The standard InChI is InChI=1S/C16H15Br2NO/c1-10-7-12(9-13(18)8-10)16(20)19-15-6-4-3-5-14(15)11(2)17/h3-9,11H,1-2H3,(H,19,20). The molecule has 0 aliphatic carbocycles. The van der Waals surface area contributed by atoms with Crippen molar-refractivity contribution >= 4 is 43.5 Å². The number of hydrogen-bond donors (Lipinski definition) is 1. The molecule has 1 amide bonds. The van der Waals surface area contributed by atoms with Crippen LogP contribution >= 0.6 is 31.9 Å². The molecule has 0 spiro atoms. The first-order valence-corrected chi connectivity index (χ1v) is 8.00. The minimum Gasteiger partial charge on any atom is -0.322 e. The van der Waals surface area contributed by atoms with Gasteiger partial charge in [-0.15, -0.1) is 0 Å². The third-order valence-electron chi connectivity index (χ3n) is 2.94. The van der Waals surface area contributed by atoms with Gasteiger partial charge < -0.3 is 5.32 Å². The monoisotopic (exact) mass is 395 g/mol. The molecule has 0 aliphatic heterocycles. The van der Waals surface area contributed by atoms with Gasteiger partial charge in [0.25, 0.3) is 5.91 Å². The maximum Gasteiger partial charge on any atom is 0.255 e. The smallest absolute Gasteiger partial charge is 0.255 e. The molecule has 1 unspecified atom stereocenters. The molecule has 1 atom stereocenters. The highest BCUT2D eigenvalue weighted by Crippen LogP contribution is 2.29. The summed E-state index contributed by atoms with van der Waals surface area (Å²) in [7, 11) is 0. The minimum atomic E-state index is -0.102. The van der Waals surface area contributed by atoms with E-state index in [2.05, 4.69) is 37.2 Å². The number of rotatable bonds is 3. The molecule has 0 heterocycles. The van der Waals surface area contributed by atoms with Crippen LogP contribution in [0.3, 0.4) is 0 Å².